The van der Waals surface area contributed by atoms with Crippen molar-refractivity contribution in [1.29, 1.82) is 0 Å². The summed E-state index contributed by atoms with van der Waals surface area (Å²) in [5.41, 5.74) is 2.21. The smallest absolute Gasteiger partial charge is 0.324 e. The average Bonchev–Trinajstić information content (AvgIpc) is 3.59. The molecular weight excluding hydrogens is 486 g/mol. The zero-order chi connectivity index (χ0) is 26.7. The third-order valence-electron chi connectivity index (χ3n) is 7.58. The largest absolute Gasteiger partial charge is 0.490 e. The molecule has 1 saturated heterocycles. The van der Waals surface area contributed by atoms with Gasteiger partial charge >= 0.3 is 5.92 Å². The molecule has 0 bridgehead atoms. The summed E-state index contributed by atoms with van der Waals surface area (Å²) in [6.45, 7) is 3.87. The standard InChI is InChI=1S/C31H36F2N2O3/c1-21-18-25(10-13-28(21)38-26-11-12-26)29(36)27(20-35-16-4-5-17-35)34-30(37)31(32,33)15-14-22-8-9-23-6-2-3-7-24(23)19-22/h2-3,6-10,13,18-19,26-27,29,36H,4-5,11-12,14-17,20H2,1H3,(H,34,37)/t27-,29-/m1/s1. The first kappa shape index (κ1) is 26.6. The molecule has 0 spiro atoms. The molecule has 0 unspecified atom stereocenters. The van der Waals surface area contributed by atoms with E-state index >= 15 is 8.78 Å². The lowest BCUT2D eigenvalue weighted by molar-refractivity contribution is -0.148. The van der Waals surface area contributed by atoms with Crippen molar-refractivity contribution in [3.05, 3.63) is 77.4 Å². The fourth-order valence-corrected chi connectivity index (χ4v) is 5.14. The number of rotatable bonds is 11. The van der Waals surface area contributed by atoms with Gasteiger partial charge in [0, 0.05) is 13.0 Å². The van der Waals surface area contributed by atoms with Gasteiger partial charge in [-0.15, -0.1) is 0 Å². The number of hydrogen-bond donors (Lipinski definition) is 2. The summed E-state index contributed by atoms with van der Waals surface area (Å²) in [6, 6.07) is 17.9. The van der Waals surface area contributed by atoms with Gasteiger partial charge in [-0.05, 0) is 91.7 Å². The van der Waals surface area contributed by atoms with Crippen LogP contribution < -0.4 is 10.1 Å². The van der Waals surface area contributed by atoms with E-state index < -0.39 is 30.4 Å². The van der Waals surface area contributed by atoms with Crippen molar-refractivity contribution < 1.29 is 23.4 Å². The molecule has 2 aliphatic rings. The van der Waals surface area contributed by atoms with E-state index in [0.29, 0.717) is 12.1 Å². The normalized spacial score (nSPS) is 17.9. The molecule has 38 heavy (non-hydrogen) atoms. The Morgan fingerprint density at radius 1 is 1.08 bits per heavy atom. The lowest BCUT2D eigenvalue weighted by atomic mass is 9.98. The van der Waals surface area contributed by atoms with E-state index in [2.05, 4.69) is 10.2 Å². The summed E-state index contributed by atoms with van der Waals surface area (Å²) in [5, 5.41) is 15.8. The number of ether oxygens (including phenoxy) is 1. The van der Waals surface area contributed by atoms with Crippen LogP contribution in [0.4, 0.5) is 8.78 Å². The number of hydrogen-bond acceptors (Lipinski definition) is 4. The van der Waals surface area contributed by atoms with Gasteiger partial charge in [0.2, 0.25) is 0 Å². The van der Waals surface area contributed by atoms with E-state index in [4.69, 9.17) is 4.74 Å². The number of likely N-dealkylation sites (tertiary alicyclic amines) is 1. The van der Waals surface area contributed by atoms with Crippen LogP contribution in [-0.4, -0.2) is 53.6 Å². The molecule has 202 valence electrons. The number of amides is 1. The molecule has 1 aliphatic heterocycles. The predicted molar refractivity (Wildman–Crippen MR) is 145 cm³/mol. The molecule has 0 radical (unpaired) electrons. The molecule has 1 amide bonds. The highest BCUT2D eigenvalue weighted by Crippen LogP contribution is 2.32. The fourth-order valence-electron chi connectivity index (χ4n) is 5.14. The van der Waals surface area contributed by atoms with Crippen molar-refractivity contribution in [2.45, 2.75) is 69.6 Å². The predicted octanol–water partition coefficient (Wildman–Crippen LogP) is 5.57. The van der Waals surface area contributed by atoms with Crippen LogP contribution >= 0.6 is 0 Å². The first-order chi connectivity index (χ1) is 18.3. The molecule has 1 saturated carbocycles. The Kier molecular flexibility index (Phi) is 7.96. The van der Waals surface area contributed by atoms with Gasteiger partial charge in [-0.25, -0.2) is 0 Å². The minimum atomic E-state index is -3.56. The molecule has 1 aliphatic carbocycles. The number of aliphatic hydroxyl groups is 1. The SMILES string of the molecule is Cc1cc([C@@H](O)[C@@H](CN2CCCC2)NC(=O)C(F)(F)CCc2ccc3ccccc3c2)ccc1OC1CC1. The minimum absolute atomic E-state index is 0.0756. The summed E-state index contributed by atoms with van der Waals surface area (Å²) in [7, 11) is 0. The maximum Gasteiger partial charge on any atom is 0.324 e. The molecule has 5 rings (SSSR count). The third-order valence-corrected chi connectivity index (χ3v) is 7.58. The van der Waals surface area contributed by atoms with Crippen LogP contribution in [0, 0.1) is 6.92 Å². The number of carbonyl (C=O) groups excluding carboxylic acids is 1. The summed E-state index contributed by atoms with van der Waals surface area (Å²) in [5.74, 6) is -4.14. The summed E-state index contributed by atoms with van der Waals surface area (Å²) in [6.07, 6.45) is 2.73. The average molecular weight is 523 g/mol. The summed E-state index contributed by atoms with van der Waals surface area (Å²) < 4.78 is 36.1. The molecule has 3 aromatic carbocycles. The Bertz CT molecular complexity index is 1270. The second kappa shape index (κ2) is 11.4. The number of aliphatic hydroxyl groups excluding tert-OH is 1. The first-order valence-corrected chi connectivity index (χ1v) is 13.6. The van der Waals surface area contributed by atoms with E-state index in [0.717, 1.165) is 66.4 Å². The van der Waals surface area contributed by atoms with Crippen molar-refractivity contribution in [1.82, 2.24) is 10.2 Å². The zero-order valence-corrected chi connectivity index (χ0v) is 21.8. The molecular formula is C31H36F2N2O3. The molecule has 2 N–H and O–H groups in total. The van der Waals surface area contributed by atoms with Gasteiger partial charge in [0.25, 0.3) is 5.91 Å². The van der Waals surface area contributed by atoms with Crippen molar-refractivity contribution in [2.24, 2.45) is 0 Å². The number of alkyl halides is 2. The van der Waals surface area contributed by atoms with Gasteiger partial charge in [-0.2, -0.15) is 8.78 Å². The van der Waals surface area contributed by atoms with E-state index in [1.807, 2.05) is 61.5 Å². The number of nitrogens with one attached hydrogen (secondary N) is 1. The highest BCUT2D eigenvalue weighted by atomic mass is 19.3. The molecule has 2 atom stereocenters. The fraction of sp³-hybridized carbons (Fsp3) is 0.452. The Morgan fingerprint density at radius 3 is 2.53 bits per heavy atom. The number of halogens is 2. The van der Waals surface area contributed by atoms with Crippen molar-refractivity contribution in [3.8, 4) is 5.75 Å². The molecule has 3 aromatic rings. The van der Waals surface area contributed by atoms with E-state index in [1.165, 1.54) is 0 Å². The second-order valence-corrected chi connectivity index (χ2v) is 10.8. The van der Waals surface area contributed by atoms with Crippen LogP contribution in [0.15, 0.2) is 60.7 Å². The quantitative estimate of drug-likeness (QED) is 0.346. The van der Waals surface area contributed by atoms with Crippen LogP contribution in [0.25, 0.3) is 10.8 Å². The van der Waals surface area contributed by atoms with Gasteiger partial charge in [0.1, 0.15) is 11.9 Å². The molecule has 7 heteroatoms. The summed E-state index contributed by atoms with van der Waals surface area (Å²) in [4.78, 5) is 15.0. The highest BCUT2D eigenvalue weighted by Gasteiger charge is 2.40. The Morgan fingerprint density at radius 2 is 1.82 bits per heavy atom. The second-order valence-electron chi connectivity index (χ2n) is 10.8. The lowest BCUT2D eigenvalue weighted by Gasteiger charge is -2.30. The summed E-state index contributed by atoms with van der Waals surface area (Å²) >= 11 is 0. The third kappa shape index (κ3) is 6.51. The Labute approximate surface area is 222 Å². The number of carbonyl (C=O) groups is 1. The van der Waals surface area contributed by atoms with E-state index in [9.17, 15) is 9.90 Å². The molecule has 2 fully saturated rings. The monoisotopic (exact) mass is 522 g/mol. The van der Waals surface area contributed by atoms with Gasteiger partial charge in [-0.3, -0.25) is 4.79 Å². The van der Waals surface area contributed by atoms with Crippen LogP contribution in [-0.2, 0) is 11.2 Å². The zero-order valence-electron chi connectivity index (χ0n) is 21.8. The van der Waals surface area contributed by atoms with Crippen molar-refractivity contribution in [3.63, 3.8) is 0 Å². The van der Waals surface area contributed by atoms with Gasteiger partial charge in [-0.1, -0.05) is 48.5 Å². The topological polar surface area (TPSA) is 61.8 Å². The van der Waals surface area contributed by atoms with E-state index in [-0.39, 0.29) is 12.5 Å². The van der Waals surface area contributed by atoms with Gasteiger partial charge in [0.05, 0.1) is 12.1 Å². The Hall–Kier alpha value is -3.03. The van der Waals surface area contributed by atoms with Crippen LogP contribution in [0.1, 0.15) is 54.9 Å². The highest BCUT2D eigenvalue weighted by molar-refractivity contribution is 5.84. The molecule has 5 nitrogen and oxygen atoms in total. The number of fused-ring (bicyclic) bond motifs is 1. The number of benzene rings is 3. The van der Waals surface area contributed by atoms with Crippen LogP contribution in [0.5, 0.6) is 5.75 Å². The Balaban J connectivity index is 1.27. The maximum absolute atomic E-state index is 15.1. The molecule has 1 heterocycles. The minimum Gasteiger partial charge on any atom is -0.490 e. The lowest BCUT2D eigenvalue weighted by Crippen LogP contribution is -2.51. The van der Waals surface area contributed by atoms with Crippen LogP contribution in [0.2, 0.25) is 0 Å². The molecule has 0 aromatic heterocycles. The maximum atomic E-state index is 15.1. The number of nitrogens with zero attached hydrogens (tertiary/aromatic N) is 1. The van der Waals surface area contributed by atoms with Gasteiger partial charge < -0.3 is 20.1 Å². The first-order valence-electron chi connectivity index (χ1n) is 13.6. The van der Waals surface area contributed by atoms with Gasteiger partial charge in [0.15, 0.2) is 0 Å². The van der Waals surface area contributed by atoms with Crippen molar-refractivity contribution >= 4 is 16.7 Å². The van der Waals surface area contributed by atoms with E-state index in [1.54, 1.807) is 6.07 Å². The van der Waals surface area contributed by atoms with Crippen molar-refractivity contribution in [2.75, 3.05) is 19.6 Å². The number of aryl methyl sites for hydroxylation is 2. The van der Waals surface area contributed by atoms with Crippen LogP contribution in [0.3, 0.4) is 0 Å².